The molecule has 4 nitrogen and oxygen atoms in total. The molecule has 0 saturated carbocycles. The predicted molar refractivity (Wildman–Crippen MR) is 106 cm³/mol. The first-order chi connectivity index (χ1) is 12.1. The van der Waals surface area contributed by atoms with Crippen LogP contribution in [0.1, 0.15) is 21.6 Å². The Hall–Kier alpha value is -1.76. The first-order valence-corrected chi connectivity index (χ1v) is 9.96. The second kappa shape index (κ2) is 6.86. The molecule has 0 aliphatic carbocycles. The Morgan fingerprint density at radius 3 is 2.84 bits per heavy atom. The maximum absolute atomic E-state index is 12.8. The zero-order valence-corrected chi connectivity index (χ0v) is 16.2. The van der Waals surface area contributed by atoms with Gasteiger partial charge in [0.1, 0.15) is 5.82 Å². The Morgan fingerprint density at radius 1 is 1.20 bits per heavy atom. The van der Waals surface area contributed by atoms with Gasteiger partial charge in [-0.15, -0.1) is 0 Å². The lowest BCUT2D eigenvalue weighted by molar-refractivity contribution is 0.102. The molecule has 2 heterocycles. The van der Waals surface area contributed by atoms with E-state index >= 15 is 0 Å². The number of hydrogen-bond donors (Lipinski definition) is 1. The average molecular weight is 435 g/mol. The monoisotopic (exact) mass is 433 g/mol. The van der Waals surface area contributed by atoms with Gasteiger partial charge in [0.05, 0.1) is 16.9 Å². The van der Waals surface area contributed by atoms with E-state index in [1.54, 1.807) is 22.5 Å². The van der Waals surface area contributed by atoms with Gasteiger partial charge >= 0.3 is 0 Å². The van der Waals surface area contributed by atoms with Crippen molar-refractivity contribution in [2.24, 2.45) is 0 Å². The van der Waals surface area contributed by atoms with Gasteiger partial charge in [-0.2, -0.15) is 16.9 Å². The average Bonchev–Trinajstić information content (AvgIpc) is 3.18. The highest BCUT2D eigenvalue weighted by Crippen LogP contribution is 2.36. The second-order valence-corrected chi connectivity index (χ2v) is 7.87. The number of benzene rings is 2. The highest BCUT2D eigenvalue weighted by Gasteiger charge is 2.25. The van der Waals surface area contributed by atoms with Crippen LogP contribution in [0.3, 0.4) is 0 Å². The van der Waals surface area contributed by atoms with E-state index in [4.69, 9.17) is 11.6 Å². The topological polar surface area (TPSA) is 46.9 Å². The molecule has 1 aromatic heterocycles. The van der Waals surface area contributed by atoms with Crippen LogP contribution in [-0.4, -0.2) is 15.7 Å². The van der Waals surface area contributed by atoms with Crippen LogP contribution < -0.4 is 5.32 Å². The van der Waals surface area contributed by atoms with Gasteiger partial charge in [-0.3, -0.25) is 4.79 Å². The molecule has 0 fully saturated rings. The fraction of sp³-hybridized carbons (Fsp3) is 0.111. The van der Waals surface area contributed by atoms with Gasteiger partial charge in [0.2, 0.25) is 0 Å². The van der Waals surface area contributed by atoms with Crippen LogP contribution in [0.15, 0.2) is 53.0 Å². The van der Waals surface area contributed by atoms with Gasteiger partial charge in [0, 0.05) is 26.6 Å². The van der Waals surface area contributed by atoms with E-state index in [2.05, 4.69) is 26.3 Å². The number of carbonyl (C=O) groups is 1. The number of fused-ring (bicyclic) bond motifs is 1. The number of carbonyl (C=O) groups excluding carboxylic acids is 1. The molecular formula is C18H13BrClN3OS. The van der Waals surface area contributed by atoms with Crippen LogP contribution in [0.2, 0.25) is 5.02 Å². The smallest absolute Gasteiger partial charge is 0.257 e. The number of halogens is 2. The van der Waals surface area contributed by atoms with Gasteiger partial charge in [-0.1, -0.05) is 29.8 Å². The van der Waals surface area contributed by atoms with Crippen LogP contribution in [0.25, 0.3) is 5.69 Å². The fourth-order valence-corrected chi connectivity index (χ4v) is 4.44. The molecule has 7 heteroatoms. The summed E-state index contributed by atoms with van der Waals surface area (Å²) in [6.45, 7) is 0. The highest BCUT2D eigenvalue weighted by molar-refractivity contribution is 9.10. The summed E-state index contributed by atoms with van der Waals surface area (Å²) in [4.78, 5) is 12.8. The molecule has 4 rings (SSSR count). The Bertz CT molecular complexity index is 973. The first-order valence-electron chi connectivity index (χ1n) is 7.64. The van der Waals surface area contributed by atoms with Crippen molar-refractivity contribution in [2.45, 2.75) is 11.5 Å². The number of nitrogens with one attached hydrogen (secondary N) is 1. The molecule has 3 aromatic rings. The number of anilines is 1. The maximum Gasteiger partial charge on any atom is 0.257 e. The van der Waals surface area contributed by atoms with E-state index in [1.807, 2.05) is 42.5 Å². The minimum atomic E-state index is -0.171. The lowest BCUT2D eigenvalue weighted by Gasteiger charge is -2.12. The third-order valence-electron chi connectivity index (χ3n) is 3.96. The number of amides is 1. The van der Waals surface area contributed by atoms with Crippen molar-refractivity contribution >= 4 is 51.0 Å². The molecule has 1 amide bonds. The molecule has 1 aliphatic heterocycles. The maximum atomic E-state index is 12.8. The number of aromatic nitrogens is 2. The molecule has 126 valence electrons. The lowest BCUT2D eigenvalue weighted by atomic mass is 10.2. The first kappa shape index (κ1) is 16.7. The standard InChI is InChI=1S/C18H13BrClN3OS/c19-15-7-2-1-6-13(15)18(24)21-17-14-9-25-10-16(14)22-23(17)12-5-3-4-11(20)8-12/h1-8H,9-10H2,(H,21,24). The van der Waals surface area contributed by atoms with E-state index < -0.39 is 0 Å². The zero-order valence-electron chi connectivity index (χ0n) is 13.0. The fourth-order valence-electron chi connectivity index (χ4n) is 2.76. The summed E-state index contributed by atoms with van der Waals surface area (Å²) in [5.74, 6) is 2.22. The summed E-state index contributed by atoms with van der Waals surface area (Å²) in [6, 6.07) is 14.8. The summed E-state index contributed by atoms with van der Waals surface area (Å²) in [7, 11) is 0. The molecule has 25 heavy (non-hydrogen) atoms. The predicted octanol–water partition coefficient (Wildman–Crippen LogP) is 5.29. The van der Waals surface area contributed by atoms with Crippen LogP contribution in [0, 0.1) is 0 Å². The molecule has 1 N–H and O–H groups in total. The van der Waals surface area contributed by atoms with Crippen molar-refractivity contribution in [3.63, 3.8) is 0 Å². The summed E-state index contributed by atoms with van der Waals surface area (Å²) in [6.07, 6.45) is 0. The van der Waals surface area contributed by atoms with Crippen molar-refractivity contribution in [3.8, 4) is 5.69 Å². The van der Waals surface area contributed by atoms with E-state index in [1.165, 1.54) is 0 Å². The third-order valence-corrected chi connectivity index (χ3v) is 5.85. The summed E-state index contributed by atoms with van der Waals surface area (Å²) in [5.41, 5.74) is 3.49. The van der Waals surface area contributed by atoms with Crippen LogP contribution in [0.4, 0.5) is 5.82 Å². The van der Waals surface area contributed by atoms with Gasteiger partial charge in [-0.25, -0.2) is 4.68 Å². The van der Waals surface area contributed by atoms with E-state index in [0.29, 0.717) is 16.4 Å². The Kier molecular flexibility index (Phi) is 4.58. The van der Waals surface area contributed by atoms with Crippen LogP contribution >= 0.6 is 39.3 Å². The Labute approximate surface area is 162 Å². The van der Waals surface area contributed by atoms with E-state index in [0.717, 1.165) is 32.9 Å². The molecule has 1 aliphatic rings. The van der Waals surface area contributed by atoms with Crippen molar-refractivity contribution in [3.05, 3.63) is 74.8 Å². The minimum Gasteiger partial charge on any atom is -0.306 e. The van der Waals surface area contributed by atoms with Gasteiger partial charge in [-0.05, 0) is 46.3 Å². The molecule has 0 bridgehead atoms. The number of rotatable bonds is 3. The van der Waals surface area contributed by atoms with Crippen molar-refractivity contribution in [1.82, 2.24) is 9.78 Å². The van der Waals surface area contributed by atoms with Gasteiger partial charge in [0.25, 0.3) is 5.91 Å². The molecule has 2 aromatic carbocycles. The van der Waals surface area contributed by atoms with Crippen molar-refractivity contribution in [2.75, 3.05) is 5.32 Å². The molecule has 0 radical (unpaired) electrons. The van der Waals surface area contributed by atoms with E-state index in [9.17, 15) is 4.79 Å². The normalized spacial score (nSPS) is 12.9. The Balaban J connectivity index is 1.76. The molecule has 0 saturated heterocycles. The van der Waals surface area contributed by atoms with Gasteiger partial charge in [0.15, 0.2) is 0 Å². The number of thioether (sulfide) groups is 1. The molecule has 0 unspecified atom stereocenters. The van der Waals surface area contributed by atoms with Crippen LogP contribution in [0.5, 0.6) is 0 Å². The van der Waals surface area contributed by atoms with E-state index in [-0.39, 0.29) is 5.91 Å². The largest absolute Gasteiger partial charge is 0.306 e. The summed E-state index contributed by atoms with van der Waals surface area (Å²) in [5, 5.41) is 8.35. The second-order valence-electron chi connectivity index (χ2n) is 5.59. The summed E-state index contributed by atoms with van der Waals surface area (Å²) >= 11 is 11.4. The van der Waals surface area contributed by atoms with Gasteiger partial charge < -0.3 is 5.32 Å². The van der Waals surface area contributed by atoms with Crippen molar-refractivity contribution < 1.29 is 4.79 Å². The quantitative estimate of drug-likeness (QED) is 0.609. The highest BCUT2D eigenvalue weighted by atomic mass is 79.9. The van der Waals surface area contributed by atoms with Crippen LogP contribution in [-0.2, 0) is 11.5 Å². The number of hydrogen-bond acceptors (Lipinski definition) is 3. The SMILES string of the molecule is O=C(Nc1c2c(nn1-c1cccc(Cl)c1)CSC2)c1ccccc1Br. The zero-order chi connectivity index (χ0) is 17.4. The van der Waals surface area contributed by atoms with Crippen molar-refractivity contribution in [1.29, 1.82) is 0 Å². The molecule has 0 spiro atoms. The lowest BCUT2D eigenvalue weighted by Crippen LogP contribution is -2.16. The molecule has 0 atom stereocenters. The molecular weight excluding hydrogens is 422 g/mol. The third kappa shape index (κ3) is 3.21. The number of nitrogens with zero attached hydrogens (tertiary/aromatic N) is 2. The summed E-state index contributed by atoms with van der Waals surface area (Å²) < 4.78 is 2.53. The minimum absolute atomic E-state index is 0.171. The Morgan fingerprint density at radius 2 is 2.04 bits per heavy atom.